The summed E-state index contributed by atoms with van der Waals surface area (Å²) in [5.74, 6) is 1.40. The third kappa shape index (κ3) is 2.79. The van der Waals surface area contributed by atoms with Crippen molar-refractivity contribution in [2.24, 2.45) is 0 Å². The number of hydrogen-bond donors (Lipinski definition) is 1. The van der Waals surface area contributed by atoms with E-state index in [9.17, 15) is 0 Å². The molecule has 0 amide bonds. The fourth-order valence-electron chi connectivity index (χ4n) is 1.61. The van der Waals surface area contributed by atoms with Gasteiger partial charge >= 0.3 is 0 Å². The Kier molecular flexibility index (Phi) is 3.51. The number of nitrogens with two attached hydrogens (primary N) is 1. The topological polar surface area (TPSA) is 51.8 Å². The van der Waals surface area contributed by atoms with Crippen molar-refractivity contribution >= 4 is 17.2 Å². The first-order valence-electron chi connectivity index (χ1n) is 5.42. The third-order valence-corrected chi connectivity index (χ3v) is 3.14. The smallest absolute Gasteiger partial charge is 0.136 e. The predicted octanol–water partition coefficient (Wildman–Crippen LogP) is 2.66. The quantitative estimate of drug-likeness (QED) is 0.883. The summed E-state index contributed by atoms with van der Waals surface area (Å²) in [7, 11) is 0. The summed E-state index contributed by atoms with van der Waals surface area (Å²) in [6.07, 6.45) is 2.82. The van der Waals surface area contributed by atoms with Crippen molar-refractivity contribution < 1.29 is 0 Å². The van der Waals surface area contributed by atoms with Crippen molar-refractivity contribution in [3.05, 3.63) is 40.0 Å². The van der Waals surface area contributed by atoms with Crippen LogP contribution in [0.5, 0.6) is 0 Å². The first-order valence-corrected chi connectivity index (χ1v) is 6.30. The zero-order valence-corrected chi connectivity index (χ0v) is 10.1. The van der Waals surface area contributed by atoms with E-state index in [4.69, 9.17) is 5.73 Å². The predicted molar refractivity (Wildman–Crippen MR) is 67.6 cm³/mol. The molecule has 2 aromatic heterocycles. The first kappa shape index (κ1) is 11.1. The van der Waals surface area contributed by atoms with Crippen LogP contribution in [-0.2, 0) is 12.8 Å². The zero-order valence-electron chi connectivity index (χ0n) is 9.31. The Morgan fingerprint density at radius 3 is 2.94 bits per heavy atom. The Hall–Kier alpha value is -1.42. The van der Waals surface area contributed by atoms with E-state index in [-0.39, 0.29) is 0 Å². The third-order valence-electron chi connectivity index (χ3n) is 2.26. The number of aromatic nitrogens is 2. The highest BCUT2D eigenvalue weighted by atomic mass is 32.1. The number of nitrogens with zero attached hydrogens (tertiary/aromatic N) is 2. The van der Waals surface area contributed by atoms with Gasteiger partial charge in [0.2, 0.25) is 0 Å². The second-order valence-electron chi connectivity index (χ2n) is 3.71. The summed E-state index contributed by atoms with van der Waals surface area (Å²) in [5.41, 5.74) is 6.81. The molecule has 2 heterocycles. The normalized spacial score (nSPS) is 10.6. The van der Waals surface area contributed by atoms with Gasteiger partial charge in [-0.05, 0) is 17.9 Å². The highest BCUT2D eigenvalue weighted by molar-refractivity contribution is 7.09. The van der Waals surface area contributed by atoms with Crippen LogP contribution in [-0.4, -0.2) is 9.97 Å². The van der Waals surface area contributed by atoms with Gasteiger partial charge < -0.3 is 5.73 Å². The molecule has 0 aromatic carbocycles. The van der Waals surface area contributed by atoms with Crippen LogP contribution in [0.2, 0.25) is 0 Å². The summed E-state index contributed by atoms with van der Waals surface area (Å²) in [4.78, 5) is 10.0. The number of rotatable bonds is 4. The van der Waals surface area contributed by atoms with E-state index in [0.29, 0.717) is 5.82 Å². The molecule has 0 saturated heterocycles. The van der Waals surface area contributed by atoms with Crippen LogP contribution in [0.3, 0.4) is 0 Å². The molecule has 0 unspecified atom stereocenters. The Bertz CT molecular complexity index is 451. The minimum atomic E-state index is 0.574. The summed E-state index contributed by atoms with van der Waals surface area (Å²) in [6, 6.07) is 6.00. The van der Waals surface area contributed by atoms with Gasteiger partial charge in [0, 0.05) is 23.1 Å². The molecular weight excluding hydrogens is 218 g/mol. The van der Waals surface area contributed by atoms with Crippen molar-refractivity contribution in [3.63, 3.8) is 0 Å². The monoisotopic (exact) mass is 233 g/mol. The van der Waals surface area contributed by atoms with Gasteiger partial charge in [-0.15, -0.1) is 11.3 Å². The lowest BCUT2D eigenvalue weighted by molar-refractivity contribution is 0.846. The first-order chi connectivity index (χ1) is 7.78. The summed E-state index contributed by atoms with van der Waals surface area (Å²) < 4.78 is 0. The lowest BCUT2D eigenvalue weighted by atomic mass is 10.2. The second-order valence-corrected chi connectivity index (χ2v) is 4.74. The van der Waals surface area contributed by atoms with Gasteiger partial charge in [0.25, 0.3) is 0 Å². The minimum Gasteiger partial charge on any atom is -0.384 e. The lowest BCUT2D eigenvalue weighted by Gasteiger charge is -2.03. The van der Waals surface area contributed by atoms with Crippen molar-refractivity contribution in [2.45, 2.75) is 26.2 Å². The van der Waals surface area contributed by atoms with Gasteiger partial charge in [0.1, 0.15) is 11.6 Å². The highest BCUT2D eigenvalue weighted by Crippen LogP contribution is 2.14. The molecule has 0 bridgehead atoms. The average Bonchev–Trinajstić information content (AvgIpc) is 2.70. The molecule has 0 aliphatic rings. The van der Waals surface area contributed by atoms with E-state index in [1.807, 2.05) is 12.1 Å². The van der Waals surface area contributed by atoms with Crippen LogP contribution in [0.25, 0.3) is 0 Å². The molecule has 2 aromatic rings. The largest absolute Gasteiger partial charge is 0.384 e. The van der Waals surface area contributed by atoms with Crippen molar-refractivity contribution in [1.29, 1.82) is 0 Å². The molecule has 0 atom stereocenters. The molecule has 2 N–H and O–H groups in total. The van der Waals surface area contributed by atoms with Gasteiger partial charge in [-0.25, -0.2) is 9.97 Å². The molecule has 2 rings (SSSR count). The molecule has 0 saturated carbocycles. The highest BCUT2D eigenvalue weighted by Gasteiger charge is 2.04. The molecule has 0 aliphatic heterocycles. The number of thiophene rings is 1. The Balaban J connectivity index is 2.20. The molecule has 0 spiro atoms. The van der Waals surface area contributed by atoms with Gasteiger partial charge in [0.05, 0.1) is 0 Å². The fourth-order valence-corrected chi connectivity index (χ4v) is 2.31. The number of anilines is 1. The summed E-state index contributed by atoms with van der Waals surface area (Å²) >= 11 is 1.72. The van der Waals surface area contributed by atoms with Crippen molar-refractivity contribution in [2.75, 3.05) is 5.73 Å². The maximum atomic E-state index is 5.77. The Labute approximate surface area is 99.4 Å². The van der Waals surface area contributed by atoms with Gasteiger partial charge in [-0.3, -0.25) is 0 Å². The van der Waals surface area contributed by atoms with E-state index in [1.165, 1.54) is 4.88 Å². The maximum Gasteiger partial charge on any atom is 0.136 e. The molecule has 84 valence electrons. The van der Waals surface area contributed by atoms with Gasteiger partial charge in [-0.2, -0.15) is 0 Å². The summed E-state index contributed by atoms with van der Waals surface area (Å²) in [5, 5.41) is 2.06. The van der Waals surface area contributed by atoms with E-state index < -0.39 is 0 Å². The zero-order chi connectivity index (χ0) is 11.4. The standard InChI is InChI=1S/C12H15N3S/c1-2-4-9-7-11(13)15-12(14-9)8-10-5-3-6-16-10/h3,5-7H,2,4,8H2,1H3,(H2,13,14,15). The molecule has 0 fully saturated rings. The van der Waals surface area contributed by atoms with Crippen LogP contribution >= 0.6 is 11.3 Å². The van der Waals surface area contributed by atoms with Gasteiger partial charge in [0.15, 0.2) is 0 Å². The average molecular weight is 233 g/mol. The minimum absolute atomic E-state index is 0.574. The van der Waals surface area contributed by atoms with Crippen LogP contribution < -0.4 is 5.73 Å². The van der Waals surface area contributed by atoms with Crippen molar-refractivity contribution in [1.82, 2.24) is 9.97 Å². The van der Waals surface area contributed by atoms with Crippen LogP contribution in [0, 0.1) is 0 Å². The summed E-state index contributed by atoms with van der Waals surface area (Å²) in [6.45, 7) is 2.14. The lowest BCUT2D eigenvalue weighted by Crippen LogP contribution is -2.03. The molecule has 4 heteroatoms. The molecule has 16 heavy (non-hydrogen) atoms. The SMILES string of the molecule is CCCc1cc(N)nc(Cc2cccs2)n1. The van der Waals surface area contributed by atoms with E-state index in [1.54, 1.807) is 11.3 Å². The fraction of sp³-hybridized carbons (Fsp3) is 0.333. The van der Waals surface area contributed by atoms with E-state index in [2.05, 4.69) is 28.3 Å². The molecular formula is C12H15N3S. The van der Waals surface area contributed by atoms with Crippen LogP contribution in [0.1, 0.15) is 29.7 Å². The van der Waals surface area contributed by atoms with Gasteiger partial charge in [-0.1, -0.05) is 19.4 Å². The van der Waals surface area contributed by atoms with Crippen LogP contribution in [0.15, 0.2) is 23.6 Å². The maximum absolute atomic E-state index is 5.77. The Morgan fingerprint density at radius 2 is 2.25 bits per heavy atom. The number of nitrogen functional groups attached to an aromatic ring is 1. The molecule has 0 aliphatic carbocycles. The van der Waals surface area contributed by atoms with E-state index in [0.717, 1.165) is 30.8 Å². The molecule has 3 nitrogen and oxygen atoms in total. The number of hydrogen-bond acceptors (Lipinski definition) is 4. The number of aryl methyl sites for hydroxylation is 1. The van der Waals surface area contributed by atoms with Crippen LogP contribution in [0.4, 0.5) is 5.82 Å². The second kappa shape index (κ2) is 5.07. The van der Waals surface area contributed by atoms with E-state index >= 15 is 0 Å². The van der Waals surface area contributed by atoms with Crippen molar-refractivity contribution in [3.8, 4) is 0 Å². The molecule has 0 radical (unpaired) electrons. The Morgan fingerprint density at radius 1 is 1.38 bits per heavy atom.